The third-order valence-electron chi connectivity index (χ3n) is 3.75. The normalized spacial score (nSPS) is 27.4. The maximum absolute atomic E-state index is 9.72. The molecule has 0 aliphatic heterocycles. The number of benzene rings is 1. The molecule has 1 aliphatic carbocycles. The number of likely N-dealkylation sites (N-methyl/N-ethyl adjacent to an activating group) is 1. The van der Waals surface area contributed by atoms with Crippen LogP contribution in [0.2, 0.25) is 0 Å². The Morgan fingerprint density at radius 3 is 3.05 bits per heavy atom. The lowest BCUT2D eigenvalue weighted by Gasteiger charge is -2.40. The van der Waals surface area contributed by atoms with Crippen molar-refractivity contribution < 1.29 is 5.11 Å². The predicted octanol–water partition coefficient (Wildman–Crippen LogP) is 3.82. The zero-order chi connectivity index (χ0) is 13.7. The molecule has 2 atom stereocenters. The SMILES string of the molecule is CCNC1(CO)CCCC(Sc2cccc(Br)c2)C1. The first-order valence-electron chi connectivity index (χ1n) is 6.95. The zero-order valence-electron chi connectivity index (χ0n) is 11.4. The quantitative estimate of drug-likeness (QED) is 0.852. The van der Waals surface area contributed by atoms with E-state index >= 15 is 0 Å². The molecule has 0 amide bonds. The van der Waals surface area contributed by atoms with Gasteiger partial charge in [0.25, 0.3) is 0 Å². The van der Waals surface area contributed by atoms with Gasteiger partial charge in [0, 0.05) is 20.2 Å². The Balaban J connectivity index is 2.01. The Labute approximate surface area is 128 Å². The van der Waals surface area contributed by atoms with E-state index < -0.39 is 0 Å². The first kappa shape index (κ1) is 15.4. The molecular weight excluding hydrogens is 322 g/mol. The lowest BCUT2D eigenvalue weighted by Crippen LogP contribution is -2.52. The van der Waals surface area contributed by atoms with Crippen molar-refractivity contribution in [1.29, 1.82) is 0 Å². The number of aliphatic hydroxyl groups excluding tert-OH is 1. The average Bonchev–Trinajstić information content (AvgIpc) is 2.39. The lowest BCUT2D eigenvalue weighted by molar-refractivity contribution is 0.125. The number of halogens is 1. The number of hydrogen-bond donors (Lipinski definition) is 2. The first-order valence-corrected chi connectivity index (χ1v) is 8.63. The number of hydrogen-bond acceptors (Lipinski definition) is 3. The van der Waals surface area contributed by atoms with E-state index in [2.05, 4.69) is 52.4 Å². The molecule has 2 N–H and O–H groups in total. The topological polar surface area (TPSA) is 32.3 Å². The van der Waals surface area contributed by atoms with E-state index in [1.807, 2.05) is 11.8 Å². The highest BCUT2D eigenvalue weighted by atomic mass is 79.9. The average molecular weight is 344 g/mol. The van der Waals surface area contributed by atoms with Crippen molar-refractivity contribution >= 4 is 27.7 Å². The van der Waals surface area contributed by atoms with Gasteiger partial charge in [-0.05, 0) is 44.0 Å². The van der Waals surface area contributed by atoms with Gasteiger partial charge in [-0.15, -0.1) is 11.8 Å². The summed E-state index contributed by atoms with van der Waals surface area (Å²) in [5, 5.41) is 13.8. The Bertz CT molecular complexity index is 411. The van der Waals surface area contributed by atoms with Crippen LogP contribution in [0, 0.1) is 0 Å². The molecule has 1 aliphatic rings. The fraction of sp³-hybridized carbons (Fsp3) is 0.600. The van der Waals surface area contributed by atoms with Gasteiger partial charge >= 0.3 is 0 Å². The number of thioether (sulfide) groups is 1. The van der Waals surface area contributed by atoms with E-state index in [1.165, 1.54) is 17.7 Å². The van der Waals surface area contributed by atoms with Crippen LogP contribution in [0.5, 0.6) is 0 Å². The number of aliphatic hydroxyl groups is 1. The van der Waals surface area contributed by atoms with Crippen LogP contribution < -0.4 is 5.32 Å². The van der Waals surface area contributed by atoms with Gasteiger partial charge in [0.2, 0.25) is 0 Å². The van der Waals surface area contributed by atoms with E-state index in [0.717, 1.165) is 23.9 Å². The summed E-state index contributed by atoms with van der Waals surface area (Å²) in [5.41, 5.74) is -0.0589. The van der Waals surface area contributed by atoms with Gasteiger partial charge in [-0.25, -0.2) is 0 Å². The molecule has 0 heterocycles. The third kappa shape index (κ3) is 4.22. The molecule has 2 rings (SSSR count). The van der Waals surface area contributed by atoms with Crippen molar-refractivity contribution in [3.05, 3.63) is 28.7 Å². The molecule has 1 fully saturated rings. The Hall–Kier alpha value is -0.0300. The molecular formula is C15H22BrNOS. The van der Waals surface area contributed by atoms with Gasteiger partial charge in [0.05, 0.1) is 6.61 Å². The molecule has 2 nitrogen and oxygen atoms in total. The van der Waals surface area contributed by atoms with Crippen LogP contribution in [0.3, 0.4) is 0 Å². The van der Waals surface area contributed by atoms with Crippen molar-refractivity contribution in [3.63, 3.8) is 0 Å². The van der Waals surface area contributed by atoms with E-state index in [4.69, 9.17) is 0 Å². The maximum atomic E-state index is 9.72. The molecule has 1 aromatic carbocycles. The largest absolute Gasteiger partial charge is 0.394 e. The number of nitrogens with one attached hydrogen (secondary N) is 1. The van der Waals surface area contributed by atoms with Gasteiger partial charge in [-0.2, -0.15) is 0 Å². The molecule has 0 bridgehead atoms. The van der Waals surface area contributed by atoms with Gasteiger partial charge in [0.15, 0.2) is 0 Å². The Kier molecular flexibility index (Phi) is 5.75. The molecule has 0 radical (unpaired) electrons. The lowest BCUT2D eigenvalue weighted by atomic mass is 9.82. The molecule has 1 saturated carbocycles. The van der Waals surface area contributed by atoms with Crippen LogP contribution in [0.1, 0.15) is 32.6 Å². The van der Waals surface area contributed by atoms with Crippen LogP contribution in [-0.2, 0) is 0 Å². The van der Waals surface area contributed by atoms with E-state index in [1.54, 1.807) is 0 Å². The highest BCUT2D eigenvalue weighted by Gasteiger charge is 2.35. The first-order chi connectivity index (χ1) is 9.17. The standard InChI is InChI=1S/C15H22BrNOS/c1-2-17-15(11-18)8-4-7-14(10-15)19-13-6-3-5-12(16)9-13/h3,5-6,9,14,17-18H,2,4,7-8,10-11H2,1H3. The molecule has 0 saturated heterocycles. The number of rotatable bonds is 5. The highest BCUT2D eigenvalue weighted by molar-refractivity contribution is 9.10. The van der Waals surface area contributed by atoms with Crippen LogP contribution in [0.25, 0.3) is 0 Å². The van der Waals surface area contributed by atoms with Crippen molar-refractivity contribution in [2.75, 3.05) is 13.2 Å². The Morgan fingerprint density at radius 1 is 1.53 bits per heavy atom. The maximum Gasteiger partial charge on any atom is 0.0613 e. The van der Waals surface area contributed by atoms with Gasteiger partial charge in [-0.1, -0.05) is 35.3 Å². The third-order valence-corrected chi connectivity index (χ3v) is 5.51. The van der Waals surface area contributed by atoms with E-state index in [-0.39, 0.29) is 12.1 Å². The second-order valence-corrected chi connectivity index (χ2v) is 7.55. The summed E-state index contributed by atoms with van der Waals surface area (Å²) in [6, 6.07) is 8.48. The molecule has 19 heavy (non-hydrogen) atoms. The Morgan fingerprint density at radius 2 is 2.37 bits per heavy atom. The summed E-state index contributed by atoms with van der Waals surface area (Å²) in [6.07, 6.45) is 4.57. The predicted molar refractivity (Wildman–Crippen MR) is 85.7 cm³/mol. The molecule has 106 valence electrons. The monoisotopic (exact) mass is 343 g/mol. The summed E-state index contributed by atoms with van der Waals surface area (Å²) >= 11 is 5.46. The smallest absolute Gasteiger partial charge is 0.0613 e. The summed E-state index contributed by atoms with van der Waals surface area (Å²) in [6.45, 7) is 3.29. The molecule has 2 unspecified atom stereocenters. The second-order valence-electron chi connectivity index (χ2n) is 5.26. The molecule has 0 spiro atoms. The molecule has 0 aromatic heterocycles. The minimum atomic E-state index is -0.0589. The summed E-state index contributed by atoms with van der Waals surface area (Å²) in [5.74, 6) is 0. The second kappa shape index (κ2) is 7.11. The van der Waals surface area contributed by atoms with Gasteiger partial charge in [0.1, 0.15) is 0 Å². The minimum absolute atomic E-state index is 0.0589. The summed E-state index contributed by atoms with van der Waals surface area (Å²) in [4.78, 5) is 1.31. The van der Waals surface area contributed by atoms with Crippen molar-refractivity contribution in [2.24, 2.45) is 0 Å². The van der Waals surface area contributed by atoms with E-state index in [0.29, 0.717) is 5.25 Å². The van der Waals surface area contributed by atoms with Crippen molar-refractivity contribution in [1.82, 2.24) is 5.32 Å². The van der Waals surface area contributed by atoms with Gasteiger partial charge in [-0.3, -0.25) is 0 Å². The van der Waals surface area contributed by atoms with Crippen molar-refractivity contribution in [3.8, 4) is 0 Å². The summed E-state index contributed by atoms with van der Waals surface area (Å²) < 4.78 is 1.13. The van der Waals surface area contributed by atoms with Crippen LogP contribution >= 0.6 is 27.7 Å². The zero-order valence-corrected chi connectivity index (χ0v) is 13.8. The highest BCUT2D eigenvalue weighted by Crippen LogP contribution is 2.38. The van der Waals surface area contributed by atoms with Crippen LogP contribution in [-0.4, -0.2) is 29.0 Å². The molecule has 1 aromatic rings. The summed E-state index contributed by atoms with van der Waals surface area (Å²) in [7, 11) is 0. The minimum Gasteiger partial charge on any atom is -0.394 e. The fourth-order valence-electron chi connectivity index (χ4n) is 2.88. The fourth-order valence-corrected chi connectivity index (χ4v) is 4.85. The van der Waals surface area contributed by atoms with Gasteiger partial charge < -0.3 is 10.4 Å². The van der Waals surface area contributed by atoms with Crippen LogP contribution in [0.15, 0.2) is 33.6 Å². The molecule has 4 heteroatoms. The van der Waals surface area contributed by atoms with Crippen molar-refractivity contribution in [2.45, 2.75) is 48.3 Å². The van der Waals surface area contributed by atoms with E-state index in [9.17, 15) is 5.11 Å². The van der Waals surface area contributed by atoms with Crippen LogP contribution in [0.4, 0.5) is 0 Å².